The predicted octanol–water partition coefficient (Wildman–Crippen LogP) is 5.80. The van der Waals surface area contributed by atoms with Crippen LogP contribution in [0.3, 0.4) is 0 Å². The maximum absolute atomic E-state index is 5.49. The van der Waals surface area contributed by atoms with Gasteiger partial charge in [0.05, 0.1) is 5.69 Å². The fourth-order valence-electron chi connectivity index (χ4n) is 2.99. The predicted molar refractivity (Wildman–Crippen MR) is 99.1 cm³/mol. The van der Waals surface area contributed by atoms with Crippen LogP contribution >= 0.6 is 0 Å². The molecule has 0 saturated carbocycles. The van der Waals surface area contributed by atoms with Gasteiger partial charge >= 0.3 is 0 Å². The summed E-state index contributed by atoms with van der Waals surface area (Å²) in [5, 5.41) is 0. The van der Waals surface area contributed by atoms with Crippen LogP contribution in [0, 0.1) is 0 Å². The molecule has 1 aliphatic heterocycles. The second-order valence-electron chi connectivity index (χ2n) is 6.86. The van der Waals surface area contributed by atoms with Crippen molar-refractivity contribution in [1.29, 1.82) is 0 Å². The van der Waals surface area contributed by atoms with Gasteiger partial charge in [-0.3, -0.25) is 4.99 Å². The summed E-state index contributed by atoms with van der Waals surface area (Å²) >= 11 is 0. The molecule has 2 aromatic carbocycles. The van der Waals surface area contributed by atoms with Crippen molar-refractivity contribution in [3.63, 3.8) is 0 Å². The maximum atomic E-state index is 5.49. The molecule has 0 fully saturated rings. The van der Waals surface area contributed by atoms with E-state index >= 15 is 0 Å². The van der Waals surface area contributed by atoms with E-state index in [1.165, 1.54) is 11.1 Å². The van der Waals surface area contributed by atoms with Crippen molar-refractivity contribution in [3.05, 3.63) is 53.1 Å². The monoisotopic (exact) mass is 323 g/mol. The number of hydrogen-bond acceptors (Lipinski definition) is 3. The molecule has 2 aromatic rings. The highest BCUT2D eigenvalue weighted by molar-refractivity contribution is 6.01. The fraction of sp³-hybridized carbons (Fsp3) is 0.381. The maximum Gasteiger partial charge on any atom is 0.231 e. The molecule has 0 bridgehead atoms. The highest BCUT2D eigenvalue weighted by Crippen LogP contribution is 2.36. The molecule has 0 saturated heterocycles. The zero-order valence-electron chi connectivity index (χ0n) is 15.1. The van der Waals surface area contributed by atoms with Crippen molar-refractivity contribution < 1.29 is 9.47 Å². The van der Waals surface area contributed by atoms with Crippen LogP contribution in [0.25, 0.3) is 0 Å². The Labute approximate surface area is 144 Å². The van der Waals surface area contributed by atoms with Crippen LogP contribution in [0.2, 0.25) is 0 Å². The van der Waals surface area contributed by atoms with Gasteiger partial charge in [-0.1, -0.05) is 45.9 Å². The first-order valence-electron chi connectivity index (χ1n) is 8.55. The smallest absolute Gasteiger partial charge is 0.231 e. The summed E-state index contributed by atoms with van der Waals surface area (Å²) in [6, 6.07) is 12.5. The number of para-hydroxylation sites is 1. The number of ether oxygens (including phenoxy) is 2. The van der Waals surface area contributed by atoms with Crippen molar-refractivity contribution in [2.24, 2.45) is 4.99 Å². The lowest BCUT2D eigenvalue weighted by Crippen LogP contribution is -1.99. The van der Waals surface area contributed by atoms with Crippen LogP contribution in [0.15, 0.2) is 41.4 Å². The lowest BCUT2D eigenvalue weighted by Gasteiger charge is -2.17. The molecule has 0 aromatic heterocycles. The Kier molecular flexibility index (Phi) is 4.61. The molecule has 3 rings (SSSR count). The molecule has 0 unspecified atom stereocenters. The number of fused-ring (bicyclic) bond motifs is 1. The van der Waals surface area contributed by atoms with E-state index in [1.807, 2.05) is 18.2 Å². The van der Waals surface area contributed by atoms with E-state index in [4.69, 9.17) is 14.5 Å². The largest absolute Gasteiger partial charge is 0.454 e. The molecule has 0 amide bonds. The Balaban J connectivity index is 2.07. The van der Waals surface area contributed by atoms with E-state index in [9.17, 15) is 0 Å². The average Bonchev–Trinajstić information content (AvgIpc) is 3.02. The Hall–Kier alpha value is -2.29. The lowest BCUT2D eigenvalue weighted by molar-refractivity contribution is 0.174. The third-order valence-corrected chi connectivity index (χ3v) is 4.41. The van der Waals surface area contributed by atoms with Crippen LogP contribution < -0.4 is 9.47 Å². The Morgan fingerprint density at radius 3 is 2.17 bits per heavy atom. The van der Waals surface area contributed by atoms with Crippen LogP contribution in [0.1, 0.15) is 63.1 Å². The average molecular weight is 323 g/mol. The molecular formula is C21H25NO2. The Bertz CT molecular complexity index is 749. The number of hydrogen-bond donors (Lipinski definition) is 0. The van der Waals surface area contributed by atoms with Gasteiger partial charge in [-0.05, 0) is 53.6 Å². The van der Waals surface area contributed by atoms with E-state index in [1.54, 1.807) is 0 Å². The van der Waals surface area contributed by atoms with Crippen LogP contribution in [-0.4, -0.2) is 12.5 Å². The summed E-state index contributed by atoms with van der Waals surface area (Å²) in [5.41, 5.74) is 5.75. The third kappa shape index (κ3) is 3.16. The van der Waals surface area contributed by atoms with Gasteiger partial charge in [0.2, 0.25) is 6.79 Å². The van der Waals surface area contributed by atoms with E-state index in [0.29, 0.717) is 18.6 Å². The van der Waals surface area contributed by atoms with Gasteiger partial charge in [-0.15, -0.1) is 0 Å². The minimum Gasteiger partial charge on any atom is -0.454 e. The van der Waals surface area contributed by atoms with Crippen molar-refractivity contribution >= 4 is 11.4 Å². The van der Waals surface area contributed by atoms with Gasteiger partial charge in [0.1, 0.15) is 0 Å². The molecule has 3 nitrogen and oxygen atoms in total. The second kappa shape index (κ2) is 6.68. The van der Waals surface area contributed by atoms with E-state index in [2.05, 4.69) is 52.8 Å². The van der Waals surface area contributed by atoms with Gasteiger partial charge in [-0.2, -0.15) is 0 Å². The molecular weight excluding hydrogens is 298 g/mol. The Morgan fingerprint density at radius 2 is 1.54 bits per heavy atom. The van der Waals surface area contributed by atoms with Gasteiger partial charge < -0.3 is 9.47 Å². The molecule has 0 spiro atoms. The van der Waals surface area contributed by atoms with Gasteiger partial charge in [-0.25, -0.2) is 0 Å². The number of aliphatic imine (C=N–C) groups is 1. The van der Waals surface area contributed by atoms with Crippen molar-refractivity contribution in [2.75, 3.05) is 6.79 Å². The van der Waals surface area contributed by atoms with Crippen LogP contribution in [0.5, 0.6) is 11.5 Å². The second-order valence-corrected chi connectivity index (χ2v) is 6.86. The zero-order chi connectivity index (χ0) is 17.3. The molecule has 24 heavy (non-hydrogen) atoms. The summed E-state index contributed by atoms with van der Waals surface area (Å²) in [6.45, 7) is 11.2. The highest BCUT2D eigenvalue weighted by Gasteiger charge is 2.16. The standard InChI is InChI=1S/C21H25NO2/c1-13(2)17-7-6-8-18(14(3)4)21(17)22-15(5)16-9-10-19-20(11-16)24-12-23-19/h6-11,13-14H,12H2,1-5H3. The fourth-order valence-corrected chi connectivity index (χ4v) is 2.99. The van der Waals surface area contributed by atoms with Crippen LogP contribution in [0.4, 0.5) is 5.69 Å². The van der Waals surface area contributed by atoms with Gasteiger partial charge in [0, 0.05) is 5.71 Å². The molecule has 1 aliphatic rings. The minimum atomic E-state index is 0.294. The number of benzene rings is 2. The topological polar surface area (TPSA) is 30.8 Å². The van der Waals surface area contributed by atoms with Crippen LogP contribution in [-0.2, 0) is 0 Å². The van der Waals surface area contributed by atoms with Crippen molar-refractivity contribution in [1.82, 2.24) is 0 Å². The first-order chi connectivity index (χ1) is 11.5. The minimum absolute atomic E-state index is 0.294. The summed E-state index contributed by atoms with van der Waals surface area (Å²) < 4.78 is 10.9. The first-order valence-corrected chi connectivity index (χ1v) is 8.55. The SMILES string of the molecule is CC(=Nc1c(C(C)C)cccc1C(C)C)c1ccc2c(c1)OCO2. The quantitative estimate of drug-likeness (QED) is 0.665. The van der Waals surface area contributed by atoms with Gasteiger partial charge in [0.25, 0.3) is 0 Å². The molecule has 126 valence electrons. The summed E-state index contributed by atoms with van der Waals surface area (Å²) in [6.07, 6.45) is 0. The molecule has 0 atom stereocenters. The first kappa shape index (κ1) is 16.6. The summed E-state index contributed by atoms with van der Waals surface area (Å²) in [7, 11) is 0. The summed E-state index contributed by atoms with van der Waals surface area (Å²) in [4.78, 5) is 5.02. The summed E-state index contributed by atoms with van der Waals surface area (Å²) in [5.74, 6) is 2.47. The van der Waals surface area contributed by atoms with Gasteiger partial charge in [0.15, 0.2) is 11.5 Å². The highest BCUT2D eigenvalue weighted by atomic mass is 16.7. The molecule has 1 heterocycles. The van der Waals surface area contributed by atoms with Crippen molar-refractivity contribution in [3.8, 4) is 11.5 Å². The van der Waals surface area contributed by atoms with E-state index < -0.39 is 0 Å². The molecule has 0 radical (unpaired) electrons. The Morgan fingerprint density at radius 1 is 0.917 bits per heavy atom. The number of rotatable bonds is 4. The van der Waals surface area contributed by atoms with E-state index in [0.717, 1.165) is 28.5 Å². The molecule has 0 N–H and O–H groups in total. The zero-order valence-corrected chi connectivity index (χ0v) is 15.1. The normalized spacial score (nSPS) is 13.9. The lowest BCUT2D eigenvalue weighted by atomic mass is 9.93. The molecule has 0 aliphatic carbocycles. The molecule has 3 heteroatoms. The number of nitrogens with zero attached hydrogens (tertiary/aromatic N) is 1. The van der Waals surface area contributed by atoms with E-state index in [-0.39, 0.29) is 0 Å². The van der Waals surface area contributed by atoms with Crippen molar-refractivity contribution in [2.45, 2.75) is 46.5 Å². The third-order valence-electron chi connectivity index (χ3n) is 4.41.